The third-order valence-corrected chi connectivity index (χ3v) is 4.58. The standard InChI is InChI=1S/2C11H12ClNO4/c2*12-7-3-4-8(9(14)6-7)11(17)13-5-1-2-10(15)16/h2*3-4,6,14H,1-2,5H2,(H,13,17)(H,15,16). The van der Waals surface area contributed by atoms with Gasteiger partial charge in [0.2, 0.25) is 0 Å². The molecule has 2 amide bonds. The monoisotopic (exact) mass is 514 g/mol. The van der Waals surface area contributed by atoms with Gasteiger partial charge in [-0.1, -0.05) is 23.2 Å². The highest BCUT2D eigenvalue weighted by atomic mass is 35.5. The van der Waals surface area contributed by atoms with E-state index in [2.05, 4.69) is 10.6 Å². The smallest absolute Gasteiger partial charge is 0.303 e. The number of aliphatic carboxylic acids is 2. The predicted octanol–water partition coefficient (Wildman–Crippen LogP) is 3.28. The van der Waals surface area contributed by atoms with Crippen molar-refractivity contribution >= 4 is 47.0 Å². The second-order valence-corrected chi connectivity index (χ2v) is 7.70. The van der Waals surface area contributed by atoms with Crippen molar-refractivity contribution in [2.75, 3.05) is 13.1 Å². The SMILES string of the molecule is O=C(O)CCCNC(=O)c1ccc(Cl)cc1O.O=C(O)CCCNC(=O)c1ccc(Cl)cc1O. The van der Waals surface area contributed by atoms with E-state index in [-0.39, 0.29) is 48.6 Å². The molecule has 0 saturated carbocycles. The summed E-state index contributed by atoms with van der Waals surface area (Å²) in [4.78, 5) is 43.6. The number of aromatic hydroxyl groups is 2. The lowest BCUT2D eigenvalue weighted by Crippen LogP contribution is -2.24. The van der Waals surface area contributed by atoms with E-state index in [1.807, 2.05) is 0 Å². The average molecular weight is 515 g/mol. The van der Waals surface area contributed by atoms with Crippen LogP contribution in [0.1, 0.15) is 46.4 Å². The van der Waals surface area contributed by atoms with Crippen LogP contribution in [0.25, 0.3) is 0 Å². The minimum absolute atomic E-state index is 0.00706. The molecule has 0 spiro atoms. The van der Waals surface area contributed by atoms with Gasteiger partial charge in [0.15, 0.2) is 0 Å². The molecular formula is C22H24Cl2N2O8. The number of rotatable bonds is 10. The van der Waals surface area contributed by atoms with E-state index in [9.17, 15) is 29.4 Å². The topological polar surface area (TPSA) is 173 Å². The van der Waals surface area contributed by atoms with Gasteiger partial charge in [-0.2, -0.15) is 0 Å². The first-order chi connectivity index (χ1) is 16.0. The molecule has 0 heterocycles. The second kappa shape index (κ2) is 14.6. The summed E-state index contributed by atoms with van der Waals surface area (Å²) in [5.41, 5.74) is 0.231. The molecule has 0 radical (unpaired) electrons. The number of benzene rings is 2. The Hall–Kier alpha value is -3.50. The molecule has 34 heavy (non-hydrogen) atoms. The zero-order chi connectivity index (χ0) is 25.7. The Kier molecular flexibility index (Phi) is 12.3. The molecule has 2 aromatic rings. The molecule has 0 aliphatic heterocycles. The van der Waals surface area contributed by atoms with Gasteiger partial charge in [0.1, 0.15) is 11.5 Å². The maximum Gasteiger partial charge on any atom is 0.303 e. The molecule has 0 fully saturated rings. The zero-order valence-electron chi connectivity index (χ0n) is 17.9. The number of phenols is 2. The highest BCUT2D eigenvalue weighted by molar-refractivity contribution is 6.31. The minimum atomic E-state index is -0.909. The number of amides is 2. The van der Waals surface area contributed by atoms with Crippen LogP contribution >= 0.6 is 23.2 Å². The maximum atomic E-state index is 11.6. The molecule has 0 unspecified atom stereocenters. The van der Waals surface area contributed by atoms with Crippen molar-refractivity contribution in [1.82, 2.24) is 10.6 Å². The molecule has 6 N–H and O–H groups in total. The number of carboxylic acids is 2. The van der Waals surface area contributed by atoms with Gasteiger partial charge in [-0.3, -0.25) is 19.2 Å². The lowest BCUT2D eigenvalue weighted by atomic mass is 10.2. The van der Waals surface area contributed by atoms with E-state index in [1.54, 1.807) is 0 Å². The van der Waals surface area contributed by atoms with Gasteiger partial charge < -0.3 is 31.1 Å². The van der Waals surface area contributed by atoms with Crippen LogP contribution in [0.3, 0.4) is 0 Å². The van der Waals surface area contributed by atoms with Crippen molar-refractivity contribution in [3.63, 3.8) is 0 Å². The van der Waals surface area contributed by atoms with Gasteiger partial charge in [-0.05, 0) is 49.2 Å². The molecule has 0 aliphatic carbocycles. The van der Waals surface area contributed by atoms with Gasteiger partial charge in [0.05, 0.1) is 11.1 Å². The van der Waals surface area contributed by atoms with Crippen LogP contribution in [0.4, 0.5) is 0 Å². The summed E-state index contributed by atoms with van der Waals surface area (Å²) in [6, 6.07) is 8.34. The first kappa shape index (κ1) is 28.5. The Morgan fingerprint density at radius 3 is 1.32 bits per heavy atom. The van der Waals surface area contributed by atoms with E-state index < -0.39 is 23.8 Å². The van der Waals surface area contributed by atoms with Gasteiger partial charge in [-0.25, -0.2) is 0 Å². The molecule has 0 aromatic heterocycles. The number of hydrogen-bond acceptors (Lipinski definition) is 6. The summed E-state index contributed by atoms with van der Waals surface area (Å²) in [5.74, 6) is -3.13. The Morgan fingerprint density at radius 1 is 0.676 bits per heavy atom. The molecule has 2 aromatic carbocycles. The largest absolute Gasteiger partial charge is 0.507 e. The normalized spacial score (nSPS) is 9.94. The third kappa shape index (κ3) is 10.9. The zero-order valence-corrected chi connectivity index (χ0v) is 19.4. The fourth-order valence-corrected chi connectivity index (χ4v) is 2.80. The Morgan fingerprint density at radius 2 is 1.03 bits per heavy atom. The Labute approximate surface area is 205 Å². The number of carbonyl (C=O) groups excluding carboxylic acids is 2. The molecule has 2 rings (SSSR count). The second-order valence-electron chi connectivity index (χ2n) is 6.83. The van der Waals surface area contributed by atoms with Crippen LogP contribution in [-0.4, -0.2) is 57.3 Å². The lowest BCUT2D eigenvalue weighted by molar-refractivity contribution is -0.138. The van der Waals surface area contributed by atoms with Crippen molar-refractivity contribution in [2.45, 2.75) is 25.7 Å². The molecule has 0 saturated heterocycles. The first-order valence-electron chi connectivity index (χ1n) is 9.98. The molecular weight excluding hydrogens is 491 g/mol. The van der Waals surface area contributed by atoms with Gasteiger partial charge in [0, 0.05) is 36.0 Å². The molecule has 12 heteroatoms. The van der Waals surface area contributed by atoms with E-state index >= 15 is 0 Å². The summed E-state index contributed by atoms with van der Waals surface area (Å²) in [6.07, 6.45) is 0.671. The van der Waals surface area contributed by atoms with Crippen molar-refractivity contribution in [3.8, 4) is 11.5 Å². The highest BCUT2D eigenvalue weighted by Crippen LogP contribution is 2.22. The van der Waals surface area contributed by atoms with E-state index in [4.69, 9.17) is 33.4 Å². The average Bonchev–Trinajstić information content (AvgIpc) is 2.74. The van der Waals surface area contributed by atoms with Crippen LogP contribution in [0, 0.1) is 0 Å². The van der Waals surface area contributed by atoms with Gasteiger partial charge in [0.25, 0.3) is 11.8 Å². The molecule has 0 bridgehead atoms. The predicted molar refractivity (Wildman–Crippen MR) is 125 cm³/mol. The van der Waals surface area contributed by atoms with E-state index in [1.165, 1.54) is 36.4 Å². The minimum Gasteiger partial charge on any atom is -0.507 e. The van der Waals surface area contributed by atoms with Crippen LogP contribution in [0.15, 0.2) is 36.4 Å². The summed E-state index contributed by atoms with van der Waals surface area (Å²) in [7, 11) is 0. The summed E-state index contributed by atoms with van der Waals surface area (Å²) in [6.45, 7) is 0.487. The van der Waals surface area contributed by atoms with Gasteiger partial charge in [-0.15, -0.1) is 0 Å². The van der Waals surface area contributed by atoms with Gasteiger partial charge >= 0.3 is 11.9 Å². The van der Waals surface area contributed by atoms with Crippen molar-refractivity contribution in [3.05, 3.63) is 57.6 Å². The number of nitrogens with one attached hydrogen (secondary N) is 2. The molecule has 184 valence electrons. The lowest BCUT2D eigenvalue weighted by Gasteiger charge is -2.06. The molecule has 10 nitrogen and oxygen atoms in total. The fourth-order valence-electron chi connectivity index (χ4n) is 2.47. The number of carbonyl (C=O) groups is 4. The first-order valence-corrected chi connectivity index (χ1v) is 10.7. The van der Waals surface area contributed by atoms with Crippen LogP contribution in [0.2, 0.25) is 10.0 Å². The number of hydrogen-bond donors (Lipinski definition) is 6. The van der Waals surface area contributed by atoms with Crippen molar-refractivity contribution < 1.29 is 39.6 Å². The van der Waals surface area contributed by atoms with Crippen molar-refractivity contribution in [1.29, 1.82) is 0 Å². The summed E-state index contributed by atoms with van der Waals surface area (Å²) < 4.78 is 0. The number of phenolic OH excluding ortho intramolecular Hbond substituents is 2. The number of halogens is 2. The van der Waals surface area contributed by atoms with Crippen LogP contribution < -0.4 is 10.6 Å². The quantitative estimate of drug-likeness (QED) is 0.262. The maximum absolute atomic E-state index is 11.6. The Bertz CT molecular complexity index is 948. The fraction of sp³-hybridized carbons (Fsp3) is 0.273. The van der Waals surface area contributed by atoms with Crippen LogP contribution in [-0.2, 0) is 9.59 Å². The number of carboxylic acid groups (broad SMARTS) is 2. The Balaban J connectivity index is 0.000000340. The van der Waals surface area contributed by atoms with Crippen molar-refractivity contribution in [2.24, 2.45) is 0 Å². The van der Waals surface area contributed by atoms with E-state index in [0.717, 1.165) is 0 Å². The molecule has 0 aliphatic rings. The third-order valence-electron chi connectivity index (χ3n) is 4.11. The summed E-state index contributed by atoms with van der Waals surface area (Å²) in [5, 5.41) is 41.4. The summed E-state index contributed by atoms with van der Waals surface area (Å²) >= 11 is 11.3. The van der Waals surface area contributed by atoms with E-state index in [0.29, 0.717) is 22.9 Å². The molecule has 0 atom stereocenters. The van der Waals surface area contributed by atoms with Crippen LogP contribution in [0.5, 0.6) is 11.5 Å². The highest BCUT2D eigenvalue weighted by Gasteiger charge is 2.11.